The van der Waals surface area contributed by atoms with Crippen molar-refractivity contribution < 1.29 is 26.7 Å². The Bertz CT molecular complexity index is 887. The first kappa shape index (κ1) is 19.1. The molecule has 0 radical (unpaired) electrons. The molecule has 0 atom stereocenters. The lowest BCUT2D eigenvalue weighted by molar-refractivity contribution is -0.0497. The fraction of sp³-hybridized carbons (Fsp3) is 0.188. The van der Waals surface area contributed by atoms with Crippen LogP contribution in [-0.2, 0) is 15.6 Å². The second kappa shape index (κ2) is 7.79. The number of ether oxygens (including phenoxy) is 1. The first-order valence-electron chi connectivity index (χ1n) is 6.96. The van der Waals surface area contributed by atoms with Gasteiger partial charge in [0.1, 0.15) is 5.75 Å². The van der Waals surface area contributed by atoms with E-state index in [1.54, 1.807) is 12.1 Å². The number of alkyl halides is 2. The van der Waals surface area contributed by atoms with Crippen LogP contribution in [0.2, 0.25) is 5.02 Å². The first-order chi connectivity index (χ1) is 11.6. The van der Waals surface area contributed by atoms with Crippen molar-refractivity contribution >= 4 is 33.0 Å². The predicted molar refractivity (Wildman–Crippen MR) is 91.0 cm³/mol. The zero-order valence-electron chi connectivity index (χ0n) is 13.0. The Balaban J connectivity index is 2.14. The molecule has 0 saturated heterocycles. The quantitative estimate of drug-likeness (QED) is 0.816. The zero-order valence-corrected chi connectivity index (χ0v) is 14.6. The number of anilines is 1. The van der Waals surface area contributed by atoms with Crippen molar-refractivity contribution in [3.8, 4) is 5.75 Å². The van der Waals surface area contributed by atoms with Crippen LogP contribution in [0.25, 0.3) is 0 Å². The highest BCUT2D eigenvalue weighted by Gasteiger charge is 2.12. The fourth-order valence-corrected chi connectivity index (χ4v) is 3.09. The lowest BCUT2D eigenvalue weighted by atomic mass is 10.1. The second-order valence-corrected chi connectivity index (χ2v) is 7.80. The van der Waals surface area contributed by atoms with Gasteiger partial charge in [0, 0.05) is 17.5 Å². The number of benzene rings is 2. The van der Waals surface area contributed by atoms with E-state index in [1.165, 1.54) is 30.3 Å². The monoisotopic (exact) mass is 389 g/mol. The largest absolute Gasteiger partial charge is 0.433 e. The Morgan fingerprint density at radius 1 is 1.24 bits per heavy atom. The molecule has 0 aliphatic carbocycles. The first-order valence-corrected chi connectivity index (χ1v) is 9.40. The van der Waals surface area contributed by atoms with E-state index in [2.05, 4.69) is 10.1 Å². The zero-order chi connectivity index (χ0) is 18.6. The van der Waals surface area contributed by atoms with Gasteiger partial charge in [0.25, 0.3) is 5.91 Å². The van der Waals surface area contributed by atoms with Crippen molar-refractivity contribution in [2.45, 2.75) is 12.4 Å². The van der Waals surface area contributed by atoms with Gasteiger partial charge < -0.3 is 10.1 Å². The van der Waals surface area contributed by atoms with Crippen LogP contribution >= 0.6 is 11.6 Å². The Morgan fingerprint density at radius 2 is 1.96 bits per heavy atom. The van der Waals surface area contributed by atoms with Crippen LogP contribution in [0.5, 0.6) is 5.75 Å². The molecule has 9 heteroatoms. The molecule has 0 aromatic heterocycles. The van der Waals surface area contributed by atoms with Crippen molar-refractivity contribution in [3.63, 3.8) is 0 Å². The van der Waals surface area contributed by atoms with Crippen molar-refractivity contribution in [1.29, 1.82) is 0 Å². The molecule has 2 aromatic rings. The molecule has 0 saturated carbocycles. The van der Waals surface area contributed by atoms with Gasteiger partial charge in [0.15, 0.2) is 9.84 Å². The summed E-state index contributed by atoms with van der Waals surface area (Å²) in [5.41, 5.74) is 1.02. The maximum absolute atomic E-state index is 12.3. The number of hydrogen-bond donors (Lipinski definition) is 1. The average molecular weight is 390 g/mol. The summed E-state index contributed by atoms with van der Waals surface area (Å²) >= 11 is 5.82. The van der Waals surface area contributed by atoms with Gasteiger partial charge in [-0.3, -0.25) is 4.79 Å². The molecular formula is C16H14ClF2NO4S. The molecule has 0 heterocycles. The van der Waals surface area contributed by atoms with Crippen molar-refractivity contribution in [3.05, 3.63) is 58.6 Å². The van der Waals surface area contributed by atoms with Gasteiger partial charge in [0.2, 0.25) is 0 Å². The minimum absolute atomic E-state index is 0.0797. The molecule has 25 heavy (non-hydrogen) atoms. The van der Waals surface area contributed by atoms with E-state index in [0.717, 1.165) is 6.26 Å². The predicted octanol–water partition coefficient (Wildman–Crippen LogP) is 3.74. The highest BCUT2D eigenvalue weighted by molar-refractivity contribution is 7.89. The molecule has 0 aliphatic rings. The standard InChI is InChI=1S/C16H14ClF2NO4S/c1-25(22,23)9-10-3-2-4-11(7-10)15(21)20-12-5-6-14(13(17)8-12)24-16(18)19/h2-8,16H,9H2,1H3,(H,20,21). The topological polar surface area (TPSA) is 72.5 Å². The molecule has 0 unspecified atom stereocenters. The van der Waals surface area contributed by atoms with Crippen LogP contribution in [0, 0.1) is 0 Å². The third kappa shape index (κ3) is 5.99. The van der Waals surface area contributed by atoms with Gasteiger partial charge in [-0.15, -0.1) is 0 Å². The van der Waals surface area contributed by atoms with Crippen LogP contribution in [0.1, 0.15) is 15.9 Å². The summed E-state index contributed by atoms with van der Waals surface area (Å²) in [6.45, 7) is -3.00. The highest BCUT2D eigenvalue weighted by Crippen LogP contribution is 2.29. The Labute approximate surface area is 148 Å². The highest BCUT2D eigenvalue weighted by atomic mass is 35.5. The average Bonchev–Trinajstić information content (AvgIpc) is 2.48. The van der Waals surface area contributed by atoms with Gasteiger partial charge in [-0.05, 0) is 35.9 Å². The van der Waals surface area contributed by atoms with Gasteiger partial charge in [-0.1, -0.05) is 23.7 Å². The summed E-state index contributed by atoms with van der Waals surface area (Å²) in [6.07, 6.45) is 1.10. The number of nitrogens with one attached hydrogen (secondary N) is 1. The number of carbonyl (C=O) groups is 1. The minimum Gasteiger partial charge on any atom is -0.433 e. The van der Waals surface area contributed by atoms with Crippen LogP contribution in [0.3, 0.4) is 0 Å². The summed E-state index contributed by atoms with van der Waals surface area (Å²) < 4.78 is 51.3. The Hall–Kier alpha value is -2.19. The molecule has 1 N–H and O–H groups in total. The normalized spacial score (nSPS) is 11.4. The van der Waals surface area contributed by atoms with Crippen LogP contribution in [0.15, 0.2) is 42.5 Å². The van der Waals surface area contributed by atoms with Gasteiger partial charge in [-0.2, -0.15) is 8.78 Å². The van der Waals surface area contributed by atoms with Crippen LogP contribution in [-0.4, -0.2) is 27.2 Å². The SMILES string of the molecule is CS(=O)(=O)Cc1cccc(C(=O)Nc2ccc(OC(F)F)c(Cl)c2)c1. The number of hydrogen-bond acceptors (Lipinski definition) is 4. The van der Waals surface area contributed by atoms with Crippen molar-refractivity contribution in [2.75, 3.05) is 11.6 Å². The molecule has 5 nitrogen and oxygen atoms in total. The fourth-order valence-electron chi connectivity index (χ4n) is 2.08. The van der Waals surface area contributed by atoms with E-state index in [-0.39, 0.29) is 27.8 Å². The van der Waals surface area contributed by atoms with E-state index < -0.39 is 22.4 Å². The van der Waals surface area contributed by atoms with E-state index in [4.69, 9.17) is 11.6 Å². The third-order valence-corrected chi connectivity index (χ3v) is 4.18. The molecule has 0 bridgehead atoms. The molecular weight excluding hydrogens is 376 g/mol. The number of amides is 1. The summed E-state index contributed by atoms with van der Waals surface area (Å²) in [6, 6.07) is 10.0. The van der Waals surface area contributed by atoms with Gasteiger partial charge in [-0.25, -0.2) is 8.42 Å². The second-order valence-electron chi connectivity index (χ2n) is 5.25. The number of sulfone groups is 1. The number of carbonyl (C=O) groups excluding carboxylic acids is 1. The molecule has 0 aliphatic heterocycles. The minimum atomic E-state index is -3.22. The lowest BCUT2D eigenvalue weighted by Crippen LogP contribution is -2.13. The lowest BCUT2D eigenvalue weighted by Gasteiger charge is -2.10. The Morgan fingerprint density at radius 3 is 2.56 bits per heavy atom. The van der Waals surface area contributed by atoms with Crippen LogP contribution < -0.4 is 10.1 Å². The molecule has 0 spiro atoms. The summed E-state index contributed by atoms with van der Waals surface area (Å²) in [7, 11) is -3.22. The molecule has 2 rings (SSSR count). The van der Waals surface area contributed by atoms with Gasteiger partial charge >= 0.3 is 6.61 Å². The molecule has 2 aromatic carbocycles. The van der Waals surface area contributed by atoms with Crippen molar-refractivity contribution in [1.82, 2.24) is 0 Å². The molecule has 134 valence electrons. The number of halogens is 3. The third-order valence-electron chi connectivity index (χ3n) is 3.02. The summed E-state index contributed by atoms with van der Waals surface area (Å²) in [5, 5.41) is 2.47. The molecule has 0 fully saturated rings. The van der Waals surface area contributed by atoms with E-state index in [9.17, 15) is 22.0 Å². The maximum Gasteiger partial charge on any atom is 0.387 e. The summed E-state index contributed by atoms with van der Waals surface area (Å²) in [5.74, 6) is -0.877. The van der Waals surface area contributed by atoms with E-state index >= 15 is 0 Å². The smallest absolute Gasteiger partial charge is 0.387 e. The van der Waals surface area contributed by atoms with Crippen LogP contribution in [0.4, 0.5) is 14.5 Å². The summed E-state index contributed by atoms with van der Waals surface area (Å²) in [4.78, 5) is 12.3. The van der Waals surface area contributed by atoms with Gasteiger partial charge in [0.05, 0.1) is 10.8 Å². The Kier molecular flexibility index (Phi) is 5.97. The molecule has 1 amide bonds. The van der Waals surface area contributed by atoms with Crippen molar-refractivity contribution in [2.24, 2.45) is 0 Å². The van der Waals surface area contributed by atoms with E-state index in [1.807, 2.05) is 0 Å². The maximum atomic E-state index is 12.3. The van der Waals surface area contributed by atoms with E-state index in [0.29, 0.717) is 5.56 Å². The number of rotatable bonds is 6.